The van der Waals surface area contributed by atoms with Gasteiger partial charge in [0.25, 0.3) is 0 Å². The maximum atomic E-state index is 5.91. The highest BCUT2D eigenvalue weighted by Crippen LogP contribution is 2.22. The van der Waals surface area contributed by atoms with Crippen LogP contribution in [0.4, 0.5) is 0 Å². The molecule has 0 amide bonds. The van der Waals surface area contributed by atoms with Crippen molar-refractivity contribution in [3.05, 3.63) is 11.6 Å². The Balaban J connectivity index is 2.51. The van der Waals surface area contributed by atoms with Crippen molar-refractivity contribution in [2.24, 2.45) is 0 Å². The van der Waals surface area contributed by atoms with Crippen LogP contribution >= 0.6 is 0 Å². The van der Waals surface area contributed by atoms with E-state index in [1.807, 2.05) is 0 Å². The Bertz CT molecular complexity index is 209. The van der Waals surface area contributed by atoms with Gasteiger partial charge in [-0.25, -0.2) is 0 Å². The topological polar surface area (TPSA) is 21.3 Å². The molecule has 0 aliphatic carbocycles. The van der Waals surface area contributed by atoms with Crippen LogP contribution in [0.2, 0.25) is 0 Å². The van der Waals surface area contributed by atoms with Gasteiger partial charge in [-0.1, -0.05) is 18.6 Å². The molecule has 0 aromatic rings. The Morgan fingerprint density at radius 3 is 2.67 bits per heavy atom. The Labute approximate surface area is 94.1 Å². The first-order valence-electron chi connectivity index (χ1n) is 6.17. The number of ether oxygens (including phenoxy) is 1. The van der Waals surface area contributed by atoms with E-state index in [4.69, 9.17) is 4.74 Å². The van der Waals surface area contributed by atoms with E-state index in [1.54, 1.807) is 0 Å². The van der Waals surface area contributed by atoms with Crippen molar-refractivity contribution in [1.82, 2.24) is 5.32 Å². The molecule has 1 rings (SSSR count). The molecule has 88 valence electrons. The molecule has 2 nitrogen and oxygen atoms in total. The van der Waals surface area contributed by atoms with Crippen LogP contribution in [0.5, 0.6) is 0 Å². The minimum Gasteiger partial charge on any atom is -0.373 e. The maximum absolute atomic E-state index is 5.91. The van der Waals surface area contributed by atoms with E-state index in [9.17, 15) is 0 Å². The molecule has 0 saturated carbocycles. The van der Waals surface area contributed by atoms with Crippen molar-refractivity contribution in [1.29, 1.82) is 0 Å². The summed E-state index contributed by atoms with van der Waals surface area (Å²) in [6.07, 6.45) is 6.68. The van der Waals surface area contributed by atoms with Gasteiger partial charge in [0, 0.05) is 0 Å². The van der Waals surface area contributed by atoms with Gasteiger partial charge >= 0.3 is 0 Å². The zero-order chi connectivity index (χ0) is 11.3. The van der Waals surface area contributed by atoms with E-state index in [2.05, 4.69) is 39.1 Å². The normalized spacial score (nSPS) is 27.7. The van der Waals surface area contributed by atoms with Gasteiger partial charge in [-0.3, -0.25) is 0 Å². The summed E-state index contributed by atoms with van der Waals surface area (Å²) in [7, 11) is 0. The van der Waals surface area contributed by atoms with Gasteiger partial charge in [-0.15, -0.1) is 0 Å². The molecular formula is C13H25NO. The van der Waals surface area contributed by atoms with Crippen molar-refractivity contribution in [3.63, 3.8) is 0 Å². The second-order valence-corrected chi connectivity index (χ2v) is 4.79. The molecular weight excluding hydrogens is 186 g/mol. The Morgan fingerprint density at radius 1 is 1.47 bits per heavy atom. The summed E-state index contributed by atoms with van der Waals surface area (Å²) in [5, 5.41) is 3.56. The van der Waals surface area contributed by atoms with E-state index in [0.29, 0.717) is 18.2 Å². The van der Waals surface area contributed by atoms with E-state index in [1.165, 1.54) is 24.8 Å². The highest BCUT2D eigenvalue weighted by molar-refractivity contribution is 5.05. The number of rotatable bonds is 5. The lowest BCUT2D eigenvalue weighted by atomic mass is 10.0. The second kappa shape index (κ2) is 6.29. The fourth-order valence-electron chi connectivity index (χ4n) is 2.07. The molecule has 0 aromatic carbocycles. The monoisotopic (exact) mass is 211 g/mol. The van der Waals surface area contributed by atoms with E-state index >= 15 is 0 Å². The van der Waals surface area contributed by atoms with Gasteiger partial charge in [0.15, 0.2) is 0 Å². The van der Waals surface area contributed by atoms with Crippen LogP contribution in [0.1, 0.15) is 47.0 Å². The lowest BCUT2D eigenvalue weighted by Gasteiger charge is -2.22. The van der Waals surface area contributed by atoms with Gasteiger partial charge in [-0.05, 0) is 46.6 Å². The molecule has 0 radical (unpaired) electrons. The minimum atomic E-state index is 0.376. The fourth-order valence-corrected chi connectivity index (χ4v) is 2.07. The molecule has 0 aromatic heterocycles. The summed E-state index contributed by atoms with van der Waals surface area (Å²) < 4.78 is 5.91. The van der Waals surface area contributed by atoms with Crippen LogP contribution in [0.3, 0.4) is 0 Å². The van der Waals surface area contributed by atoms with Gasteiger partial charge in [-0.2, -0.15) is 0 Å². The van der Waals surface area contributed by atoms with Crippen molar-refractivity contribution in [2.75, 3.05) is 6.54 Å². The quantitative estimate of drug-likeness (QED) is 0.706. The van der Waals surface area contributed by atoms with Crippen LogP contribution in [0, 0.1) is 0 Å². The van der Waals surface area contributed by atoms with Gasteiger partial charge < -0.3 is 10.1 Å². The number of hydrogen-bond acceptors (Lipinski definition) is 2. The molecule has 1 aliphatic rings. The summed E-state index contributed by atoms with van der Waals surface area (Å²) in [6, 6.07) is 0.403. The van der Waals surface area contributed by atoms with Crippen LogP contribution in [0.25, 0.3) is 0 Å². The van der Waals surface area contributed by atoms with Crippen LogP contribution in [-0.4, -0.2) is 24.8 Å². The Kier molecular flexibility index (Phi) is 5.34. The second-order valence-electron chi connectivity index (χ2n) is 4.79. The van der Waals surface area contributed by atoms with Crippen molar-refractivity contribution in [3.8, 4) is 0 Å². The number of hydrogen-bond donors (Lipinski definition) is 1. The predicted molar refractivity (Wildman–Crippen MR) is 65.1 cm³/mol. The first kappa shape index (κ1) is 12.7. The Hall–Kier alpha value is -0.340. The average Bonchev–Trinajstić information content (AvgIpc) is 2.58. The summed E-state index contributed by atoms with van der Waals surface area (Å²) in [4.78, 5) is 0. The third kappa shape index (κ3) is 4.35. The van der Waals surface area contributed by atoms with Gasteiger partial charge in [0.1, 0.15) is 0 Å². The van der Waals surface area contributed by atoms with Crippen molar-refractivity contribution in [2.45, 2.75) is 65.2 Å². The zero-order valence-electron chi connectivity index (χ0n) is 10.5. The average molecular weight is 211 g/mol. The molecule has 0 bridgehead atoms. The molecule has 2 heteroatoms. The summed E-state index contributed by atoms with van der Waals surface area (Å²) in [6.45, 7) is 9.74. The van der Waals surface area contributed by atoms with E-state index in [0.717, 1.165) is 6.54 Å². The summed E-state index contributed by atoms with van der Waals surface area (Å²) in [5.74, 6) is 0. The molecule has 1 N–H and O–H groups in total. The largest absolute Gasteiger partial charge is 0.373 e. The van der Waals surface area contributed by atoms with Crippen LogP contribution in [0.15, 0.2) is 11.6 Å². The first-order valence-corrected chi connectivity index (χ1v) is 6.17. The van der Waals surface area contributed by atoms with Crippen molar-refractivity contribution < 1.29 is 4.74 Å². The Morgan fingerprint density at radius 2 is 2.20 bits per heavy atom. The smallest absolute Gasteiger partial charge is 0.0768 e. The molecule has 1 heterocycles. The lowest BCUT2D eigenvalue weighted by molar-refractivity contribution is 0.0417. The first-order chi connectivity index (χ1) is 7.13. The molecule has 3 unspecified atom stereocenters. The molecule has 1 saturated heterocycles. The van der Waals surface area contributed by atoms with Gasteiger partial charge in [0.05, 0.1) is 18.2 Å². The predicted octanol–water partition coefficient (Wildman–Crippen LogP) is 2.89. The highest BCUT2D eigenvalue weighted by atomic mass is 16.5. The molecule has 0 spiro atoms. The molecule has 3 atom stereocenters. The molecule has 1 aliphatic heterocycles. The van der Waals surface area contributed by atoms with Crippen molar-refractivity contribution >= 4 is 0 Å². The third-order valence-corrected chi connectivity index (χ3v) is 2.81. The van der Waals surface area contributed by atoms with Gasteiger partial charge in [0.2, 0.25) is 0 Å². The summed E-state index contributed by atoms with van der Waals surface area (Å²) in [5.41, 5.74) is 1.37. The highest BCUT2D eigenvalue weighted by Gasteiger charge is 2.27. The minimum absolute atomic E-state index is 0.376. The number of allylic oxidation sites excluding steroid dienone is 1. The SMILES string of the molecule is CCCNC(C=C(C)C)C1CCC(C)O1. The van der Waals surface area contributed by atoms with Crippen LogP contribution < -0.4 is 5.32 Å². The molecule has 15 heavy (non-hydrogen) atoms. The maximum Gasteiger partial charge on any atom is 0.0768 e. The fraction of sp³-hybridized carbons (Fsp3) is 0.846. The number of nitrogens with one attached hydrogen (secondary N) is 1. The standard InChI is InChI=1S/C13H25NO/c1-5-8-14-12(9-10(2)3)13-7-6-11(4)15-13/h9,11-14H,5-8H2,1-4H3. The third-order valence-electron chi connectivity index (χ3n) is 2.81. The van der Waals surface area contributed by atoms with E-state index < -0.39 is 0 Å². The molecule has 1 fully saturated rings. The van der Waals surface area contributed by atoms with E-state index in [-0.39, 0.29) is 0 Å². The summed E-state index contributed by atoms with van der Waals surface area (Å²) >= 11 is 0. The zero-order valence-corrected chi connectivity index (χ0v) is 10.5. The van der Waals surface area contributed by atoms with Crippen LogP contribution in [-0.2, 0) is 4.74 Å². The lowest BCUT2D eigenvalue weighted by Crippen LogP contribution is -2.39.